The number of aromatic nitrogens is 2. The number of fused-ring (bicyclic) bond motifs is 2. The number of ether oxygens (including phenoxy) is 2. The minimum absolute atomic E-state index is 0.120. The van der Waals surface area contributed by atoms with Gasteiger partial charge in [-0.1, -0.05) is 12.1 Å². The first kappa shape index (κ1) is 22.1. The molecule has 0 saturated heterocycles. The van der Waals surface area contributed by atoms with Gasteiger partial charge in [0, 0.05) is 29.7 Å². The highest BCUT2D eigenvalue weighted by Crippen LogP contribution is 2.37. The van der Waals surface area contributed by atoms with E-state index in [1.807, 2.05) is 6.07 Å². The van der Waals surface area contributed by atoms with E-state index in [9.17, 15) is 14.0 Å². The largest absolute Gasteiger partial charge is 0.493 e. The third-order valence-corrected chi connectivity index (χ3v) is 6.65. The van der Waals surface area contributed by atoms with E-state index < -0.39 is 0 Å². The Labute approximate surface area is 188 Å². The molecular formula is C23H24FN3O4S. The molecule has 7 nitrogen and oxygen atoms in total. The zero-order chi connectivity index (χ0) is 22.7. The van der Waals surface area contributed by atoms with Crippen LogP contribution in [0.3, 0.4) is 0 Å². The molecule has 0 spiro atoms. The molecule has 2 aromatic carbocycles. The van der Waals surface area contributed by atoms with Crippen molar-refractivity contribution < 1.29 is 18.7 Å². The molecule has 0 radical (unpaired) electrons. The average molecular weight is 458 g/mol. The summed E-state index contributed by atoms with van der Waals surface area (Å²) in [5, 5.41) is 3.43. The predicted octanol–water partition coefficient (Wildman–Crippen LogP) is 3.69. The first-order valence-corrected chi connectivity index (χ1v) is 11.3. The summed E-state index contributed by atoms with van der Waals surface area (Å²) in [6.45, 7) is 0.356. The Kier molecular flexibility index (Phi) is 6.64. The lowest BCUT2D eigenvalue weighted by atomic mass is 10.0. The van der Waals surface area contributed by atoms with E-state index in [4.69, 9.17) is 9.47 Å². The normalized spacial score (nSPS) is 15.3. The summed E-state index contributed by atoms with van der Waals surface area (Å²) < 4.78 is 26.0. The second-order valence-electron chi connectivity index (χ2n) is 7.49. The highest BCUT2D eigenvalue weighted by Gasteiger charge is 2.24. The number of benzene rings is 2. The Bertz CT molecular complexity index is 1210. The van der Waals surface area contributed by atoms with Gasteiger partial charge in [0.2, 0.25) is 5.91 Å². The number of aryl methyl sites for hydroxylation is 1. The lowest BCUT2D eigenvalue weighted by molar-refractivity contribution is -0.122. The van der Waals surface area contributed by atoms with Gasteiger partial charge in [-0.25, -0.2) is 9.37 Å². The lowest BCUT2D eigenvalue weighted by Gasteiger charge is -2.26. The Morgan fingerprint density at radius 3 is 2.84 bits per heavy atom. The van der Waals surface area contributed by atoms with Gasteiger partial charge >= 0.3 is 0 Å². The van der Waals surface area contributed by atoms with Gasteiger partial charge in [-0.15, -0.1) is 11.8 Å². The van der Waals surface area contributed by atoms with Crippen molar-refractivity contribution in [1.82, 2.24) is 14.9 Å². The summed E-state index contributed by atoms with van der Waals surface area (Å²) in [5.74, 6) is 1.35. The third-order valence-electron chi connectivity index (χ3n) is 5.49. The van der Waals surface area contributed by atoms with Crippen LogP contribution in [0.4, 0.5) is 4.39 Å². The summed E-state index contributed by atoms with van der Waals surface area (Å²) in [4.78, 5) is 30.3. The van der Waals surface area contributed by atoms with E-state index in [1.165, 1.54) is 42.9 Å². The molecule has 1 unspecified atom stereocenters. The summed E-state index contributed by atoms with van der Waals surface area (Å²) in [5.41, 5.74) is 1.14. The molecule has 1 atom stereocenters. The second kappa shape index (κ2) is 9.60. The molecule has 0 fully saturated rings. The van der Waals surface area contributed by atoms with Gasteiger partial charge in [-0.3, -0.25) is 14.2 Å². The van der Waals surface area contributed by atoms with Crippen molar-refractivity contribution in [3.8, 4) is 11.5 Å². The number of carbonyl (C=O) groups excluding carboxylic acids is 1. The van der Waals surface area contributed by atoms with Gasteiger partial charge in [0.1, 0.15) is 5.82 Å². The van der Waals surface area contributed by atoms with Gasteiger partial charge < -0.3 is 14.8 Å². The molecule has 0 bridgehead atoms. The summed E-state index contributed by atoms with van der Waals surface area (Å²) in [6.07, 6.45) is 2.96. The number of rotatable bonds is 7. The van der Waals surface area contributed by atoms with Crippen LogP contribution >= 0.6 is 11.8 Å². The van der Waals surface area contributed by atoms with Gasteiger partial charge in [-0.2, -0.15) is 0 Å². The van der Waals surface area contributed by atoms with Gasteiger partial charge in [0.15, 0.2) is 11.5 Å². The number of nitrogens with one attached hydrogen (secondary N) is 1. The van der Waals surface area contributed by atoms with E-state index in [2.05, 4.69) is 10.3 Å². The monoisotopic (exact) mass is 457 g/mol. The number of thioether (sulfide) groups is 1. The SMILES string of the molecule is COc1cc2ncn(CCCC(=O)NC3CCSc4c(F)cccc43)c(=O)c2cc1OC. The van der Waals surface area contributed by atoms with Crippen molar-refractivity contribution in [1.29, 1.82) is 0 Å². The third kappa shape index (κ3) is 4.43. The Morgan fingerprint density at radius 2 is 2.06 bits per heavy atom. The zero-order valence-electron chi connectivity index (χ0n) is 17.9. The van der Waals surface area contributed by atoms with Gasteiger partial charge in [0.25, 0.3) is 5.56 Å². The van der Waals surface area contributed by atoms with Crippen molar-refractivity contribution in [3.63, 3.8) is 0 Å². The number of hydrogen-bond donors (Lipinski definition) is 1. The van der Waals surface area contributed by atoms with Crippen LogP contribution in [0.25, 0.3) is 10.9 Å². The summed E-state index contributed by atoms with van der Waals surface area (Å²) in [6, 6.07) is 8.06. The maximum absolute atomic E-state index is 14.0. The number of halogens is 1. The molecule has 1 aliphatic heterocycles. The number of hydrogen-bond acceptors (Lipinski definition) is 6. The molecule has 32 heavy (non-hydrogen) atoms. The summed E-state index contributed by atoms with van der Waals surface area (Å²) >= 11 is 1.48. The van der Waals surface area contributed by atoms with E-state index in [0.717, 1.165) is 17.7 Å². The van der Waals surface area contributed by atoms with Crippen LogP contribution in [-0.4, -0.2) is 35.4 Å². The minimum Gasteiger partial charge on any atom is -0.493 e. The Balaban J connectivity index is 1.41. The Hall–Kier alpha value is -3.07. The van der Waals surface area contributed by atoms with Crippen molar-refractivity contribution >= 4 is 28.6 Å². The van der Waals surface area contributed by atoms with Crippen LogP contribution in [0.5, 0.6) is 11.5 Å². The molecular weight excluding hydrogens is 433 g/mol. The second-order valence-corrected chi connectivity index (χ2v) is 8.59. The average Bonchev–Trinajstić information content (AvgIpc) is 2.80. The maximum Gasteiger partial charge on any atom is 0.261 e. The molecule has 3 aromatic rings. The first-order chi connectivity index (χ1) is 15.5. The molecule has 9 heteroatoms. The highest BCUT2D eigenvalue weighted by atomic mass is 32.2. The number of carbonyl (C=O) groups is 1. The van der Waals surface area contributed by atoms with E-state index in [0.29, 0.717) is 40.3 Å². The lowest BCUT2D eigenvalue weighted by Crippen LogP contribution is -2.31. The minimum atomic E-state index is -0.246. The molecule has 0 aliphatic carbocycles. The Morgan fingerprint density at radius 1 is 1.28 bits per heavy atom. The van der Waals surface area contributed by atoms with Crippen LogP contribution in [0.15, 0.2) is 46.3 Å². The van der Waals surface area contributed by atoms with Gasteiger partial charge in [-0.05, 0) is 30.5 Å². The number of methoxy groups -OCH3 is 2. The highest BCUT2D eigenvalue weighted by molar-refractivity contribution is 7.99. The smallest absolute Gasteiger partial charge is 0.261 e. The molecule has 0 saturated carbocycles. The molecule has 2 heterocycles. The molecule has 1 aromatic heterocycles. The fourth-order valence-corrected chi connectivity index (χ4v) is 5.00. The van der Waals surface area contributed by atoms with E-state index in [-0.39, 0.29) is 29.7 Å². The van der Waals surface area contributed by atoms with Crippen molar-refractivity contribution in [3.05, 3.63) is 58.4 Å². The molecule has 1 aliphatic rings. The predicted molar refractivity (Wildman–Crippen MR) is 121 cm³/mol. The molecule has 168 valence electrons. The molecule has 1 amide bonds. The van der Waals surface area contributed by atoms with Crippen LogP contribution in [0.2, 0.25) is 0 Å². The van der Waals surface area contributed by atoms with E-state index in [1.54, 1.807) is 18.2 Å². The fraction of sp³-hybridized carbons (Fsp3) is 0.348. The zero-order valence-corrected chi connectivity index (χ0v) is 18.7. The van der Waals surface area contributed by atoms with Crippen molar-refractivity contribution in [2.75, 3.05) is 20.0 Å². The van der Waals surface area contributed by atoms with Crippen molar-refractivity contribution in [2.24, 2.45) is 0 Å². The van der Waals surface area contributed by atoms with E-state index >= 15 is 0 Å². The van der Waals surface area contributed by atoms with Crippen LogP contribution in [0.1, 0.15) is 30.9 Å². The number of nitrogens with zero attached hydrogens (tertiary/aromatic N) is 2. The maximum atomic E-state index is 14.0. The standard InChI is InChI=1S/C23H24FN3O4S/c1-30-19-11-15-18(12-20(19)31-2)25-13-27(23(15)29)9-4-7-21(28)26-17-8-10-32-22-14(17)5-3-6-16(22)24/h3,5-6,11-13,17H,4,7-10H2,1-2H3,(H,26,28). The number of amides is 1. The van der Waals surface area contributed by atoms with Gasteiger partial charge in [0.05, 0.1) is 37.5 Å². The molecule has 4 rings (SSSR count). The van der Waals surface area contributed by atoms with Crippen LogP contribution in [0, 0.1) is 5.82 Å². The quantitative estimate of drug-likeness (QED) is 0.583. The summed E-state index contributed by atoms with van der Waals surface area (Å²) in [7, 11) is 3.03. The van der Waals surface area contributed by atoms with Crippen LogP contribution < -0.4 is 20.3 Å². The first-order valence-electron chi connectivity index (χ1n) is 10.3. The van der Waals surface area contributed by atoms with Crippen LogP contribution in [-0.2, 0) is 11.3 Å². The topological polar surface area (TPSA) is 82.5 Å². The fourth-order valence-electron chi connectivity index (χ4n) is 3.86. The van der Waals surface area contributed by atoms with Crippen molar-refractivity contribution in [2.45, 2.75) is 36.7 Å². The molecule has 1 N–H and O–H groups in total.